The van der Waals surface area contributed by atoms with Gasteiger partial charge in [0.2, 0.25) is 0 Å². The summed E-state index contributed by atoms with van der Waals surface area (Å²) in [5, 5.41) is 4.96. The van der Waals surface area contributed by atoms with E-state index in [1.165, 1.54) is 0 Å². The van der Waals surface area contributed by atoms with Crippen LogP contribution in [0.15, 0.2) is 36.4 Å². The fourth-order valence-electron chi connectivity index (χ4n) is 2.06. The fourth-order valence-corrected chi connectivity index (χ4v) is 2.06. The predicted molar refractivity (Wildman–Crippen MR) is 72.9 cm³/mol. The molecule has 2 nitrogen and oxygen atoms in total. The summed E-state index contributed by atoms with van der Waals surface area (Å²) in [7, 11) is 1.83. The topological polar surface area (TPSA) is 21.3 Å². The minimum Gasteiger partial charge on any atom is -0.487 e. The van der Waals surface area contributed by atoms with Crippen molar-refractivity contribution >= 4 is 10.8 Å². The lowest BCUT2D eigenvalue weighted by molar-refractivity contribution is 0.0820. The third-order valence-corrected chi connectivity index (χ3v) is 3.16. The molecule has 0 fully saturated rings. The summed E-state index contributed by atoms with van der Waals surface area (Å²) in [6, 6.07) is 11.6. The van der Waals surface area contributed by atoms with Crippen LogP contribution in [0.25, 0.3) is 10.8 Å². The molecule has 0 radical (unpaired) electrons. The number of rotatable bonds is 5. The molecule has 0 heterocycles. The van der Waals surface area contributed by atoms with Gasteiger partial charge < -0.3 is 10.1 Å². The highest BCUT2D eigenvalue weighted by atomic mass is 19.3. The molecule has 0 amide bonds. The molecule has 2 aromatic carbocycles. The van der Waals surface area contributed by atoms with E-state index in [9.17, 15) is 8.78 Å². The molecule has 19 heavy (non-hydrogen) atoms. The zero-order valence-electron chi connectivity index (χ0n) is 11.0. The number of hydrogen-bond donors (Lipinski definition) is 1. The predicted octanol–water partition coefficient (Wildman–Crippen LogP) is 3.76. The number of ether oxygens (including phenoxy) is 1. The van der Waals surface area contributed by atoms with E-state index in [0.29, 0.717) is 5.75 Å². The third kappa shape index (κ3) is 3.01. The second kappa shape index (κ2) is 5.97. The molecule has 102 valence electrons. The first kappa shape index (κ1) is 13.7. The lowest BCUT2D eigenvalue weighted by Gasteiger charge is -2.18. The number of benzene rings is 2. The lowest BCUT2D eigenvalue weighted by atomic mass is 10.0. The van der Waals surface area contributed by atoms with Crippen molar-refractivity contribution in [1.82, 2.24) is 5.32 Å². The number of nitrogens with one attached hydrogen (secondary N) is 1. The van der Waals surface area contributed by atoms with Crippen LogP contribution in [0, 0.1) is 0 Å². The van der Waals surface area contributed by atoms with Crippen molar-refractivity contribution in [3.63, 3.8) is 0 Å². The summed E-state index contributed by atoms with van der Waals surface area (Å²) in [5.74, 6) is 0.542. The zero-order chi connectivity index (χ0) is 13.8. The Hall–Kier alpha value is -1.68. The molecule has 0 aromatic heterocycles. The maximum absolute atomic E-state index is 12.4. The van der Waals surface area contributed by atoms with Crippen LogP contribution in [0.1, 0.15) is 18.5 Å². The second-order valence-electron chi connectivity index (χ2n) is 4.42. The summed E-state index contributed by atoms with van der Waals surface area (Å²) in [4.78, 5) is 0. The van der Waals surface area contributed by atoms with Crippen molar-refractivity contribution in [2.75, 3.05) is 13.7 Å². The van der Waals surface area contributed by atoms with Gasteiger partial charge in [-0.25, -0.2) is 8.78 Å². The molecule has 1 atom stereocenters. The van der Waals surface area contributed by atoms with E-state index in [-0.39, 0.29) is 6.04 Å². The molecule has 1 N–H and O–H groups in total. The van der Waals surface area contributed by atoms with E-state index in [4.69, 9.17) is 4.74 Å². The van der Waals surface area contributed by atoms with Gasteiger partial charge in [0.1, 0.15) is 12.4 Å². The highest BCUT2D eigenvalue weighted by Crippen LogP contribution is 2.33. The second-order valence-corrected chi connectivity index (χ2v) is 4.42. The van der Waals surface area contributed by atoms with Crippen LogP contribution < -0.4 is 10.1 Å². The molecule has 2 aromatic rings. The van der Waals surface area contributed by atoms with Crippen LogP contribution >= 0.6 is 0 Å². The normalized spacial score (nSPS) is 12.9. The van der Waals surface area contributed by atoms with Crippen molar-refractivity contribution in [2.24, 2.45) is 0 Å². The monoisotopic (exact) mass is 265 g/mol. The van der Waals surface area contributed by atoms with Crippen molar-refractivity contribution in [1.29, 1.82) is 0 Å². The minimum absolute atomic E-state index is 0.0391. The number of halogens is 2. The molecule has 0 saturated heterocycles. The Morgan fingerprint density at radius 3 is 2.58 bits per heavy atom. The van der Waals surface area contributed by atoms with Crippen LogP contribution in [0.4, 0.5) is 8.78 Å². The molecule has 4 heteroatoms. The van der Waals surface area contributed by atoms with Gasteiger partial charge in [0.25, 0.3) is 6.43 Å². The smallest absolute Gasteiger partial charge is 0.272 e. The van der Waals surface area contributed by atoms with Gasteiger partial charge in [-0.2, -0.15) is 0 Å². The molecule has 0 spiro atoms. The Morgan fingerprint density at radius 2 is 1.89 bits per heavy atom. The van der Waals surface area contributed by atoms with Gasteiger partial charge in [-0.3, -0.25) is 0 Å². The minimum atomic E-state index is -2.48. The molecular weight excluding hydrogens is 248 g/mol. The van der Waals surface area contributed by atoms with Crippen LogP contribution in [-0.2, 0) is 0 Å². The molecule has 1 unspecified atom stereocenters. The average Bonchev–Trinajstić information content (AvgIpc) is 2.43. The molecule has 0 aliphatic heterocycles. The van der Waals surface area contributed by atoms with Gasteiger partial charge in [-0.1, -0.05) is 36.4 Å². The van der Waals surface area contributed by atoms with E-state index in [0.717, 1.165) is 16.3 Å². The molecule has 0 bridgehead atoms. The van der Waals surface area contributed by atoms with Gasteiger partial charge in [0, 0.05) is 17.0 Å². The van der Waals surface area contributed by atoms with Crippen LogP contribution in [-0.4, -0.2) is 20.1 Å². The number of fused-ring (bicyclic) bond motifs is 1. The first-order chi connectivity index (χ1) is 9.13. The highest BCUT2D eigenvalue weighted by molar-refractivity contribution is 5.89. The van der Waals surface area contributed by atoms with Gasteiger partial charge in [0.15, 0.2) is 0 Å². The largest absolute Gasteiger partial charge is 0.487 e. The third-order valence-electron chi connectivity index (χ3n) is 3.16. The maximum atomic E-state index is 12.4. The van der Waals surface area contributed by atoms with E-state index < -0.39 is 13.0 Å². The standard InChI is InChI=1S/C15H17F2NO/c1-10(18-2)12-8-7-11-5-3-4-6-13(11)15(12)19-9-14(16)17/h3-8,10,14,18H,9H2,1-2H3. The van der Waals surface area contributed by atoms with Gasteiger partial charge >= 0.3 is 0 Å². The summed E-state index contributed by atoms with van der Waals surface area (Å²) < 4.78 is 30.1. The SMILES string of the molecule is CNC(C)c1ccc2ccccc2c1OCC(F)F. The zero-order valence-corrected chi connectivity index (χ0v) is 11.0. The molecule has 0 aliphatic rings. The lowest BCUT2D eigenvalue weighted by Crippen LogP contribution is -2.15. The Bertz CT molecular complexity index is 557. The Labute approximate surface area is 111 Å². The Morgan fingerprint density at radius 1 is 1.16 bits per heavy atom. The van der Waals surface area contributed by atoms with E-state index >= 15 is 0 Å². The van der Waals surface area contributed by atoms with Crippen molar-refractivity contribution < 1.29 is 13.5 Å². The summed E-state index contributed by atoms with van der Waals surface area (Å²) in [6.07, 6.45) is -2.48. The van der Waals surface area contributed by atoms with Gasteiger partial charge in [0.05, 0.1) is 0 Å². The van der Waals surface area contributed by atoms with Crippen LogP contribution in [0.3, 0.4) is 0 Å². The Kier molecular flexibility index (Phi) is 4.32. The summed E-state index contributed by atoms with van der Waals surface area (Å²) in [6.45, 7) is 1.39. The van der Waals surface area contributed by atoms with Crippen LogP contribution in [0.2, 0.25) is 0 Å². The fraction of sp³-hybridized carbons (Fsp3) is 0.333. The molecule has 0 saturated carbocycles. The van der Waals surface area contributed by atoms with E-state index in [2.05, 4.69) is 5.32 Å². The number of alkyl halides is 2. The van der Waals surface area contributed by atoms with Crippen molar-refractivity contribution in [3.05, 3.63) is 42.0 Å². The number of hydrogen-bond acceptors (Lipinski definition) is 2. The van der Waals surface area contributed by atoms with Gasteiger partial charge in [-0.15, -0.1) is 0 Å². The molecule has 0 aliphatic carbocycles. The van der Waals surface area contributed by atoms with Crippen molar-refractivity contribution in [2.45, 2.75) is 19.4 Å². The van der Waals surface area contributed by atoms with Crippen molar-refractivity contribution in [3.8, 4) is 5.75 Å². The van der Waals surface area contributed by atoms with E-state index in [1.54, 1.807) is 0 Å². The summed E-state index contributed by atoms with van der Waals surface area (Å²) >= 11 is 0. The maximum Gasteiger partial charge on any atom is 0.272 e. The average molecular weight is 265 g/mol. The quantitative estimate of drug-likeness (QED) is 0.888. The van der Waals surface area contributed by atoms with E-state index in [1.807, 2.05) is 50.4 Å². The highest BCUT2D eigenvalue weighted by Gasteiger charge is 2.15. The summed E-state index contributed by atoms with van der Waals surface area (Å²) in [5.41, 5.74) is 0.891. The first-order valence-corrected chi connectivity index (χ1v) is 6.23. The van der Waals surface area contributed by atoms with Gasteiger partial charge in [-0.05, 0) is 19.4 Å². The van der Waals surface area contributed by atoms with Crippen LogP contribution in [0.5, 0.6) is 5.75 Å². The molecular formula is C15H17F2NO. The first-order valence-electron chi connectivity index (χ1n) is 6.23. The Balaban J connectivity index is 2.51. The molecule has 2 rings (SSSR count).